The van der Waals surface area contributed by atoms with Crippen LogP contribution in [0.25, 0.3) is 0 Å². The van der Waals surface area contributed by atoms with Crippen LogP contribution in [0.1, 0.15) is 13.8 Å². The van der Waals surface area contributed by atoms with Crippen LogP contribution in [0.15, 0.2) is 28.7 Å². The van der Waals surface area contributed by atoms with Crippen molar-refractivity contribution in [2.24, 2.45) is 10.8 Å². The van der Waals surface area contributed by atoms with Gasteiger partial charge in [0.25, 0.3) is 5.91 Å². The van der Waals surface area contributed by atoms with Gasteiger partial charge in [0.2, 0.25) is 5.60 Å². The van der Waals surface area contributed by atoms with Gasteiger partial charge < -0.3 is 10.5 Å². The number of hydrogen-bond acceptors (Lipinski definition) is 4. The molecule has 1 atom stereocenters. The van der Waals surface area contributed by atoms with Gasteiger partial charge in [0.15, 0.2) is 0 Å². The van der Waals surface area contributed by atoms with Gasteiger partial charge in [-0.2, -0.15) is 5.11 Å². The maximum atomic E-state index is 11.1. The van der Waals surface area contributed by atoms with E-state index >= 15 is 0 Å². The van der Waals surface area contributed by atoms with Crippen LogP contribution in [0.2, 0.25) is 0 Å². The molecule has 1 rings (SSSR count). The molecule has 0 fully saturated rings. The second-order valence-electron chi connectivity index (χ2n) is 2.96. The molecule has 0 aromatic rings. The number of ether oxygens (including phenoxy) is 1. The van der Waals surface area contributed by atoms with E-state index in [1.54, 1.807) is 13.0 Å². The topological polar surface area (TPSA) is 88.5 Å². The molecule has 5 nitrogen and oxygen atoms in total. The fourth-order valence-corrected chi connectivity index (χ4v) is 1.15. The fraction of sp³-hybridized carbons (Fsp3) is 0.375. The summed E-state index contributed by atoms with van der Waals surface area (Å²) in [5.41, 5.74) is 11.7. The third-order valence-electron chi connectivity index (χ3n) is 2.03. The molecule has 1 aliphatic heterocycles. The first kappa shape index (κ1) is 9.44. The van der Waals surface area contributed by atoms with E-state index in [2.05, 4.69) is 5.11 Å². The van der Waals surface area contributed by atoms with E-state index in [1.807, 2.05) is 0 Å². The average Bonchev–Trinajstić information content (AvgIpc) is 2.04. The van der Waals surface area contributed by atoms with Gasteiger partial charge in [-0.1, -0.05) is 0 Å². The molecule has 0 unspecified atom stereocenters. The molecule has 3 N–H and O–H groups in total. The van der Waals surface area contributed by atoms with Gasteiger partial charge in [0.1, 0.15) is 5.70 Å². The molecule has 0 radical (unpaired) electrons. The first-order valence-electron chi connectivity index (χ1n) is 3.75. The zero-order valence-electron chi connectivity index (χ0n) is 7.50. The highest BCUT2D eigenvalue weighted by molar-refractivity contribution is 5.87. The Morgan fingerprint density at radius 2 is 2.38 bits per heavy atom. The van der Waals surface area contributed by atoms with Crippen LogP contribution >= 0.6 is 0 Å². The number of rotatable bonds is 2. The van der Waals surface area contributed by atoms with E-state index in [1.165, 1.54) is 13.2 Å². The van der Waals surface area contributed by atoms with Crippen LogP contribution in [-0.2, 0) is 9.53 Å². The number of nitrogens with two attached hydrogens (primary N) is 1. The van der Waals surface area contributed by atoms with Crippen molar-refractivity contribution in [1.82, 2.24) is 0 Å². The normalized spacial score (nSPS) is 26.9. The molecule has 0 saturated heterocycles. The molecule has 13 heavy (non-hydrogen) atoms. The van der Waals surface area contributed by atoms with E-state index in [0.29, 0.717) is 5.57 Å². The van der Waals surface area contributed by atoms with Gasteiger partial charge in [0.05, 0.1) is 6.26 Å². The quantitative estimate of drug-likeness (QED) is 0.624. The SMILES string of the molecule is CC1=C(N=N)[C@](C)(C(N)=O)OC=C1. The van der Waals surface area contributed by atoms with Crippen molar-refractivity contribution < 1.29 is 9.53 Å². The molecule has 70 valence electrons. The third kappa shape index (κ3) is 1.32. The van der Waals surface area contributed by atoms with E-state index < -0.39 is 11.5 Å². The number of primary amides is 1. The summed E-state index contributed by atoms with van der Waals surface area (Å²) in [6, 6.07) is 0. The zero-order valence-corrected chi connectivity index (χ0v) is 7.50. The van der Waals surface area contributed by atoms with Crippen LogP contribution in [0.3, 0.4) is 0 Å². The molecule has 0 saturated carbocycles. The Kier molecular flexibility index (Phi) is 2.18. The highest BCUT2D eigenvalue weighted by Crippen LogP contribution is 2.29. The summed E-state index contributed by atoms with van der Waals surface area (Å²) in [6.07, 6.45) is 3.02. The number of hydrogen-bond donors (Lipinski definition) is 2. The van der Waals surface area contributed by atoms with Crippen molar-refractivity contribution in [2.45, 2.75) is 19.4 Å². The van der Waals surface area contributed by atoms with Crippen LogP contribution in [0.4, 0.5) is 0 Å². The van der Waals surface area contributed by atoms with Crippen molar-refractivity contribution in [3.63, 3.8) is 0 Å². The summed E-state index contributed by atoms with van der Waals surface area (Å²) in [5, 5.41) is 3.26. The molecular weight excluding hydrogens is 170 g/mol. The molecule has 0 bridgehead atoms. The minimum absolute atomic E-state index is 0.252. The molecule has 0 spiro atoms. The Labute approximate surface area is 75.8 Å². The van der Waals surface area contributed by atoms with Crippen LogP contribution in [0.5, 0.6) is 0 Å². The molecule has 0 aromatic carbocycles. The van der Waals surface area contributed by atoms with E-state index in [0.717, 1.165) is 0 Å². The van der Waals surface area contributed by atoms with Gasteiger partial charge in [-0.15, -0.1) is 0 Å². The summed E-state index contributed by atoms with van der Waals surface area (Å²) in [6.45, 7) is 3.24. The highest BCUT2D eigenvalue weighted by Gasteiger charge is 2.40. The summed E-state index contributed by atoms with van der Waals surface area (Å²) < 4.78 is 5.07. The zero-order chi connectivity index (χ0) is 10.1. The van der Waals surface area contributed by atoms with E-state index in [9.17, 15) is 4.79 Å². The summed E-state index contributed by atoms with van der Waals surface area (Å²) in [5.74, 6) is -0.651. The number of carbonyl (C=O) groups excluding carboxylic acids is 1. The number of nitrogens with one attached hydrogen (secondary N) is 1. The second kappa shape index (κ2) is 3.01. The van der Waals surface area contributed by atoms with Gasteiger partial charge in [0, 0.05) is 0 Å². The van der Waals surface area contributed by atoms with Crippen LogP contribution in [-0.4, -0.2) is 11.5 Å². The number of nitrogens with zero attached hydrogens (tertiary/aromatic N) is 1. The molecule has 1 heterocycles. The lowest BCUT2D eigenvalue weighted by molar-refractivity contribution is -0.132. The first-order valence-corrected chi connectivity index (χ1v) is 3.75. The smallest absolute Gasteiger partial charge is 0.267 e. The molecular formula is C8H11N3O2. The first-order chi connectivity index (χ1) is 6.02. The second-order valence-corrected chi connectivity index (χ2v) is 2.96. The number of allylic oxidation sites excluding steroid dienone is 2. The predicted octanol–water partition coefficient (Wildman–Crippen LogP) is 1.08. The molecule has 1 amide bonds. The van der Waals surface area contributed by atoms with Crippen LogP contribution < -0.4 is 5.73 Å². The summed E-state index contributed by atoms with van der Waals surface area (Å²) >= 11 is 0. The van der Waals surface area contributed by atoms with Crippen molar-refractivity contribution in [3.8, 4) is 0 Å². The van der Waals surface area contributed by atoms with Gasteiger partial charge >= 0.3 is 0 Å². The molecule has 5 heteroatoms. The lowest BCUT2D eigenvalue weighted by Crippen LogP contribution is -2.45. The van der Waals surface area contributed by atoms with E-state index in [4.69, 9.17) is 16.0 Å². The standard InChI is InChI=1S/C8H11N3O2/c1-5-3-4-13-8(2,7(9)12)6(5)11-10/h3-4,10H,1-2H3,(H2,9,12)/t8-/m1/s1. The Hall–Kier alpha value is -1.65. The Bertz CT molecular complexity index is 319. The Morgan fingerprint density at radius 3 is 2.77 bits per heavy atom. The molecule has 1 aliphatic rings. The predicted molar refractivity (Wildman–Crippen MR) is 45.7 cm³/mol. The Balaban J connectivity index is 3.23. The lowest BCUT2D eigenvalue weighted by Gasteiger charge is -2.28. The van der Waals surface area contributed by atoms with E-state index in [-0.39, 0.29) is 5.70 Å². The molecule has 0 aliphatic carbocycles. The third-order valence-corrected chi connectivity index (χ3v) is 2.03. The van der Waals surface area contributed by atoms with Crippen molar-refractivity contribution in [1.29, 1.82) is 5.53 Å². The maximum absolute atomic E-state index is 11.1. The Morgan fingerprint density at radius 1 is 1.77 bits per heavy atom. The highest BCUT2D eigenvalue weighted by atomic mass is 16.5. The summed E-state index contributed by atoms with van der Waals surface area (Å²) in [7, 11) is 0. The maximum Gasteiger partial charge on any atom is 0.267 e. The summed E-state index contributed by atoms with van der Waals surface area (Å²) in [4.78, 5) is 11.1. The lowest BCUT2D eigenvalue weighted by atomic mass is 9.96. The van der Waals surface area contributed by atoms with Crippen molar-refractivity contribution in [2.75, 3.05) is 0 Å². The largest absolute Gasteiger partial charge is 0.479 e. The van der Waals surface area contributed by atoms with Crippen LogP contribution in [0, 0.1) is 5.53 Å². The minimum Gasteiger partial charge on any atom is -0.479 e. The average molecular weight is 181 g/mol. The number of carbonyl (C=O) groups is 1. The monoisotopic (exact) mass is 181 g/mol. The van der Waals surface area contributed by atoms with Gasteiger partial charge in [-0.25, -0.2) is 5.53 Å². The van der Waals surface area contributed by atoms with Crippen molar-refractivity contribution in [3.05, 3.63) is 23.6 Å². The molecule has 0 aromatic heterocycles. The van der Waals surface area contributed by atoms with Gasteiger partial charge in [-0.3, -0.25) is 4.79 Å². The number of amides is 1. The van der Waals surface area contributed by atoms with Crippen molar-refractivity contribution >= 4 is 5.91 Å². The minimum atomic E-state index is -1.30. The fourth-order valence-electron chi connectivity index (χ4n) is 1.15. The van der Waals surface area contributed by atoms with Gasteiger partial charge in [-0.05, 0) is 25.5 Å².